The van der Waals surface area contributed by atoms with Crippen LogP contribution in [0.15, 0.2) is 0 Å². The normalized spacial score (nSPS) is 34.0. The largest absolute Gasteiger partial charge is 0.390 e. The highest BCUT2D eigenvalue weighted by atomic mass is 16.3. The van der Waals surface area contributed by atoms with Crippen molar-refractivity contribution < 1.29 is 5.11 Å². The van der Waals surface area contributed by atoms with Gasteiger partial charge in [-0.05, 0) is 26.3 Å². The molecule has 1 atom stereocenters. The van der Waals surface area contributed by atoms with E-state index in [2.05, 4.69) is 16.7 Å². The number of likely N-dealkylation sites (tertiary alicyclic amines) is 2. The van der Waals surface area contributed by atoms with Gasteiger partial charge in [0.1, 0.15) is 0 Å². The predicted molar refractivity (Wildman–Crippen MR) is 47.8 cm³/mol. The maximum absolute atomic E-state index is 9.10. The molecule has 2 fully saturated rings. The number of hydrogen-bond acceptors (Lipinski definition) is 3. The van der Waals surface area contributed by atoms with Crippen molar-refractivity contribution >= 4 is 0 Å². The van der Waals surface area contributed by atoms with Gasteiger partial charge in [0.15, 0.2) is 0 Å². The zero-order valence-electron chi connectivity index (χ0n) is 7.74. The van der Waals surface area contributed by atoms with Crippen LogP contribution in [0.25, 0.3) is 0 Å². The van der Waals surface area contributed by atoms with Crippen LogP contribution in [0.3, 0.4) is 0 Å². The van der Waals surface area contributed by atoms with Crippen LogP contribution in [0.1, 0.15) is 19.8 Å². The molecule has 12 heavy (non-hydrogen) atoms. The van der Waals surface area contributed by atoms with Crippen LogP contribution in [0.2, 0.25) is 0 Å². The molecule has 2 rings (SSSR count). The summed E-state index contributed by atoms with van der Waals surface area (Å²) >= 11 is 0. The standard InChI is InChI=1S/C9H18N2O/c1-8-3-2-4-11(8)7-10-5-9(12)6-10/h8-9,12H,2-7H2,1H3. The Bertz CT molecular complexity index is 157. The summed E-state index contributed by atoms with van der Waals surface area (Å²) in [4.78, 5) is 4.82. The van der Waals surface area contributed by atoms with E-state index in [4.69, 9.17) is 5.11 Å². The van der Waals surface area contributed by atoms with Crippen LogP contribution in [0.4, 0.5) is 0 Å². The van der Waals surface area contributed by atoms with Gasteiger partial charge in [-0.1, -0.05) is 0 Å². The topological polar surface area (TPSA) is 26.7 Å². The molecule has 1 unspecified atom stereocenters. The molecule has 2 aliphatic heterocycles. The van der Waals surface area contributed by atoms with E-state index >= 15 is 0 Å². The van der Waals surface area contributed by atoms with Gasteiger partial charge >= 0.3 is 0 Å². The van der Waals surface area contributed by atoms with Crippen LogP contribution in [0.5, 0.6) is 0 Å². The number of hydrogen-bond donors (Lipinski definition) is 1. The molecule has 3 nitrogen and oxygen atoms in total. The molecule has 1 N–H and O–H groups in total. The van der Waals surface area contributed by atoms with Crippen molar-refractivity contribution in [1.82, 2.24) is 9.80 Å². The molecule has 0 bridgehead atoms. The summed E-state index contributed by atoms with van der Waals surface area (Å²) < 4.78 is 0. The van der Waals surface area contributed by atoms with E-state index in [1.54, 1.807) is 0 Å². The smallest absolute Gasteiger partial charge is 0.0794 e. The first-order valence-corrected chi connectivity index (χ1v) is 4.90. The van der Waals surface area contributed by atoms with Crippen LogP contribution in [-0.4, -0.2) is 53.4 Å². The van der Waals surface area contributed by atoms with E-state index in [0.29, 0.717) is 0 Å². The zero-order valence-corrected chi connectivity index (χ0v) is 7.74. The zero-order chi connectivity index (χ0) is 8.55. The van der Waals surface area contributed by atoms with Crippen molar-refractivity contribution in [3.63, 3.8) is 0 Å². The van der Waals surface area contributed by atoms with E-state index < -0.39 is 0 Å². The Kier molecular flexibility index (Phi) is 2.35. The maximum atomic E-state index is 9.10. The van der Waals surface area contributed by atoms with Crippen molar-refractivity contribution in [2.75, 3.05) is 26.3 Å². The third-order valence-electron chi connectivity index (χ3n) is 3.01. The van der Waals surface area contributed by atoms with Crippen molar-refractivity contribution in [2.24, 2.45) is 0 Å². The monoisotopic (exact) mass is 170 g/mol. The van der Waals surface area contributed by atoms with Crippen molar-refractivity contribution in [1.29, 1.82) is 0 Å². The average molecular weight is 170 g/mol. The van der Waals surface area contributed by atoms with E-state index in [1.807, 2.05) is 0 Å². The van der Waals surface area contributed by atoms with Crippen LogP contribution >= 0.6 is 0 Å². The quantitative estimate of drug-likeness (QED) is 0.637. The molecule has 0 aromatic rings. The van der Waals surface area contributed by atoms with E-state index in [0.717, 1.165) is 25.8 Å². The summed E-state index contributed by atoms with van der Waals surface area (Å²) in [5.41, 5.74) is 0. The molecule has 2 aliphatic rings. The third-order valence-corrected chi connectivity index (χ3v) is 3.01. The fourth-order valence-corrected chi connectivity index (χ4v) is 2.12. The van der Waals surface area contributed by atoms with E-state index in [9.17, 15) is 0 Å². The lowest BCUT2D eigenvalue weighted by Crippen LogP contribution is -2.55. The number of β-amino-alcohol motifs (C(OH)–C–C–N with tert-alkyl or cyclic N) is 1. The summed E-state index contributed by atoms with van der Waals surface area (Å²) in [6.45, 7) is 6.36. The summed E-state index contributed by atoms with van der Waals surface area (Å²) in [5.74, 6) is 0. The lowest BCUT2D eigenvalue weighted by molar-refractivity contribution is -0.0305. The Morgan fingerprint density at radius 1 is 1.42 bits per heavy atom. The molecule has 3 heteroatoms. The summed E-state index contributed by atoms with van der Waals surface area (Å²) in [5, 5.41) is 9.10. The molecule has 2 heterocycles. The SMILES string of the molecule is CC1CCCN1CN1CC(O)C1. The average Bonchev–Trinajstić information content (AvgIpc) is 2.33. The molecule has 0 saturated carbocycles. The van der Waals surface area contributed by atoms with Crippen LogP contribution < -0.4 is 0 Å². The molecule has 0 spiro atoms. The first kappa shape index (κ1) is 8.48. The molecular weight excluding hydrogens is 152 g/mol. The van der Waals surface area contributed by atoms with Crippen LogP contribution in [0, 0.1) is 0 Å². The molecule has 0 aliphatic carbocycles. The number of aliphatic hydroxyl groups is 1. The molecule has 70 valence electrons. The van der Waals surface area contributed by atoms with Gasteiger partial charge in [0.25, 0.3) is 0 Å². The fraction of sp³-hybridized carbons (Fsp3) is 1.00. The second-order valence-electron chi connectivity index (χ2n) is 4.13. The summed E-state index contributed by atoms with van der Waals surface area (Å²) in [6.07, 6.45) is 2.64. The highest BCUT2D eigenvalue weighted by Gasteiger charge is 2.28. The number of aliphatic hydroxyl groups excluding tert-OH is 1. The maximum Gasteiger partial charge on any atom is 0.0794 e. The summed E-state index contributed by atoms with van der Waals surface area (Å²) in [6, 6.07) is 0.753. The molecule has 0 radical (unpaired) electrons. The molecule has 0 aromatic heterocycles. The second-order valence-corrected chi connectivity index (χ2v) is 4.13. The third kappa shape index (κ3) is 1.63. The molecule has 0 amide bonds. The Hall–Kier alpha value is -0.120. The lowest BCUT2D eigenvalue weighted by Gasteiger charge is -2.39. The van der Waals surface area contributed by atoms with Gasteiger partial charge in [-0.2, -0.15) is 0 Å². The minimum absolute atomic E-state index is 0.0529. The Morgan fingerprint density at radius 2 is 2.17 bits per heavy atom. The first-order chi connectivity index (χ1) is 5.75. The number of rotatable bonds is 2. The van der Waals surface area contributed by atoms with Gasteiger partial charge in [0.05, 0.1) is 12.8 Å². The molecule has 2 saturated heterocycles. The van der Waals surface area contributed by atoms with Crippen LogP contribution in [-0.2, 0) is 0 Å². The van der Waals surface area contributed by atoms with Gasteiger partial charge in [-0.3, -0.25) is 9.80 Å². The van der Waals surface area contributed by atoms with Gasteiger partial charge < -0.3 is 5.11 Å². The Balaban J connectivity index is 1.72. The number of nitrogens with zero attached hydrogens (tertiary/aromatic N) is 2. The second kappa shape index (κ2) is 3.32. The molecular formula is C9H18N2O. The lowest BCUT2D eigenvalue weighted by atomic mass is 10.2. The van der Waals surface area contributed by atoms with Gasteiger partial charge in [0.2, 0.25) is 0 Å². The Morgan fingerprint density at radius 3 is 2.67 bits per heavy atom. The Labute approximate surface area is 74.0 Å². The summed E-state index contributed by atoms with van der Waals surface area (Å²) in [7, 11) is 0. The van der Waals surface area contributed by atoms with Gasteiger partial charge in [-0.25, -0.2) is 0 Å². The molecule has 0 aromatic carbocycles. The van der Waals surface area contributed by atoms with Crippen molar-refractivity contribution in [3.05, 3.63) is 0 Å². The van der Waals surface area contributed by atoms with Crippen molar-refractivity contribution in [2.45, 2.75) is 31.9 Å². The highest BCUT2D eigenvalue weighted by molar-refractivity contribution is 4.82. The van der Waals surface area contributed by atoms with Gasteiger partial charge in [-0.15, -0.1) is 0 Å². The minimum atomic E-state index is -0.0529. The minimum Gasteiger partial charge on any atom is -0.390 e. The first-order valence-electron chi connectivity index (χ1n) is 4.90. The van der Waals surface area contributed by atoms with E-state index in [-0.39, 0.29) is 6.10 Å². The van der Waals surface area contributed by atoms with Crippen molar-refractivity contribution in [3.8, 4) is 0 Å². The fourth-order valence-electron chi connectivity index (χ4n) is 2.12. The highest BCUT2D eigenvalue weighted by Crippen LogP contribution is 2.18. The van der Waals surface area contributed by atoms with E-state index in [1.165, 1.54) is 19.4 Å². The van der Waals surface area contributed by atoms with Gasteiger partial charge in [0, 0.05) is 19.1 Å². The predicted octanol–water partition coefficient (Wildman–Crippen LogP) is 0.105.